The van der Waals surface area contributed by atoms with Crippen LogP contribution >= 0.6 is 0 Å². The molecule has 34 heavy (non-hydrogen) atoms. The van der Waals surface area contributed by atoms with Crippen LogP contribution in [0.5, 0.6) is 0 Å². The molecule has 1 aliphatic rings. The molecule has 0 radical (unpaired) electrons. The Kier molecular flexibility index (Phi) is 6.81. The minimum Gasteiger partial charge on any atom is -0.354 e. The number of aromatic nitrogens is 3. The molecular formula is C27H30N6O. The molecule has 0 unspecified atom stereocenters. The Morgan fingerprint density at radius 3 is 2.56 bits per heavy atom. The topological polar surface area (TPSA) is 66.3 Å². The van der Waals surface area contributed by atoms with Crippen LogP contribution in [0.4, 0.5) is 5.82 Å². The van der Waals surface area contributed by atoms with E-state index in [4.69, 9.17) is 4.98 Å². The molecule has 0 spiro atoms. The van der Waals surface area contributed by atoms with Crippen molar-refractivity contribution in [2.75, 3.05) is 37.6 Å². The molecule has 1 saturated heterocycles. The molecule has 1 amide bonds. The number of piperazine rings is 1. The fourth-order valence-corrected chi connectivity index (χ4v) is 4.47. The summed E-state index contributed by atoms with van der Waals surface area (Å²) in [5.41, 5.74) is 2.89. The van der Waals surface area contributed by atoms with E-state index < -0.39 is 0 Å². The van der Waals surface area contributed by atoms with Gasteiger partial charge in [0, 0.05) is 63.6 Å². The highest BCUT2D eigenvalue weighted by Gasteiger charge is 2.21. The number of rotatable bonds is 8. The maximum atomic E-state index is 13.1. The standard InChI is InChI=1S/C27H30N6O/c34-27(29-11-6-13-32-14-12-28-21-32)24-19-26(30-25-10-5-4-9-23(24)25)33-17-15-31(16-18-33)20-22-7-2-1-3-8-22/h1-5,7-10,12,14,19,21H,6,11,13,15-18,20H2,(H,29,34). The minimum atomic E-state index is -0.0480. The van der Waals surface area contributed by atoms with Gasteiger partial charge in [-0.2, -0.15) is 0 Å². The Balaban J connectivity index is 1.25. The summed E-state index contributed by atoms with van der Waals surface area (Å²) >= 11 is 0. The maximum Gasteiger partial charge on any atom is 0.252 e. The molecule has 4 aromatic rings. The molecule has 2 aromatic carbocycles. The van der Waals surface area contributed by atoms with Crippen molar-refractivity contribution in [1.29, 1.82) is 0 Å². The molecule has 0 bridgehead atoms. The van der Waals surface area contributed by atoms with E-state index in [1.165, 1.54) is 5.56 Å². The number of fused-ring (bicyclic) bond motifs is 1. The number of benzene rings is 2. The van der Waals surface area contributed by atoms with Gasteiger partial charge in [-0.15, -0.1) is 0 Å². The van der Waals surface area contributed by atoms with Crippen LogP contribution in [0.1, 0.15) is 22.3 Å². The maximum absolute atomic E-state index is 13.1. The van der Waals surface area contributed by atoms with Crippen LogP contribution in [0, 0.1) is 0 Å². The van der Waals surface area contributed by atoms with Crippen LogP contribution in [0.15, 0.2) is 79.4 Å². The summed E-state index contributed by atoms with van der Waals surface area (Å²) in [5, 5.41) is 3.98. The zero-order valence-electron chi connectivity index (χ0n) is 19.3. The molecule has 1 fully saturated rings. The first-order valence-electron chi connectivity index (χ1n) is 11.9. The van der Waals surface area contributed by atoms with E-state index in [2.05, 4.69) is 50.4 Å². The van der Waals surface area contributed by atoms with E-state index in [1.807, 2.05) is 41.1 Å². The zero-order chi connectivity index (χ0) is 23.2. The Hall–Kier alpha value is -3.71. The van der Waals surface area contributed by atoms with Crippen molar-refractivity contribution in [3.63, 3.8) is 0 Å². The van der Waals surface area contributed by atoms with Gasteiger partial charge in [-0.05, 0) is 24.1 Å². The number of carbonyl (C=O) groups is 1. The smallest absolute Gasteiger partial charge is 0.252 e. The van der Waals surface area contributed by atoms with Crippen LogP contribution < -0.4 is 10.2 Å². The van der Waals surface area contributed by atoms with Crippen LogP contribution in [0.25, 0.3) is 10.9 Å². The second kappa shape index (κ2) is 10.5. The summed E-state index contributed by atoms with van der Waals surface area (Å²) in [6.07, 6.45) is 6.35. The number of hydrogen-bond acceptors (Lipinski definition) is 5. The van der Waals surface area contributed by atoms with Gasteiger partial charge in [0.05, 0.1) is 17.4 Å². The van der Waals surface area contributed by atoms with Gasteiger partial charge >= 0.3 is 0 Å². The molecule has 0 saturated carbocycles. The van der Waals surface area contributed by atoms with E-state index in [9.17, 15) is 4.79 Å². The van der Waals surface area contributed by atoms with Crippen molar-refractivity contribution in [2.45, 2.75) is 19.5 Å². The number of para-hydroxylation sites is 1. The average Bonchev–Trinajstić information content (AvgIpc) is 3.40. The van der Waals surface area contributed by atoms with Crippen LogP contribution in [-0.4, -0.2) is 58.1 Å². The lowest BCUT2D eigenvalue weighted by atomic mass is 10.1. The van der Waals surface area contributed by atoms with Gasteiger partial charge in [0.15, 0.2) is 0 Å². The third kappa shape index (κ3) is 5.26. The Morgan fingerprint density at radius 2 is 1.76 bits per heavy atom. The van der Waals surface area contributed by atoms with Crippen LogP contribution in [0.2, 0.25) is 0 Å². The highest BCUT2D eigenvalue weighted by molar-refractivity contribution is 6.07. The minimum absolute atomic E-state index is 0.0480. The van der Waals surface area contributed by atoms with Crippen molar-refractivity contribution >= 4 is 22.6 Å². The number of imidazole rings is 1. The van der Waals surface area contributed by atoms with Gasteiger partial charge in [0.25, 0.3) is 5.91 Å². The van der Waals surface area contributed by atoms with Gasteiger partial charge in [-0.1, -0.05) is 48.5 Å². The molecule has 1 N–H and O–H groups in total. The first-order chi connectivity index (χ1) is 16.8. The molecule has 7 heteroatoms. The van der Waals surface area contributed by atoms with Crippen LogP contribution in [-0.2, 0) is 13.1 Å². The number of hydrogen-bond donors (Lipinski definition) is 1. The molecule has 2 aromatic heterocycles. The van der Waals surface area contributed by atoms with Gasteiger partial charge in [-0.3, -0.25) is 9.69 Å². The van der Waals surface area contributed by atoms with Gasteiger partial charge in [0.2, 0.25) is 0 Å². The number of amides is 1. The molecule has 5 rings (SSSR count). The summed E-state index contributed by atoms with van der Waals surface area (Å²) in [4.78, 5) is 26.9. The van der Waals surface area contributed by atoms with E-state index in [1.54, 1.807) is 12.5 Å². The third-order valence-electron chi connectivity index (χ3n) is 6.33. The number of nitrogens with one attached hydrogen (secondary N) is 1. The Labute approximate surface area is 200 Å². The Bertz CT molecular complexity index is 1220. The molecular weight excluding hydrogens is 424 g/mol. The summed E-state index contributed by atoms with van der Waals surface area (Å²) in [6.45, 7) is 6.14. The molecule has 7 nitrogen and oxygen atoms in total. The molecule has 0 atom stereocenters. The van der Waals surface area contributed by atoms with E-state index in [0.29, 0.717) is 12.1 Å². The molecule has 1 aliphatic heterocycles. The number of carbonyl (C=O) groups excluding carboxylic acids is 1. The first-order valence-corrected chi connectivity index (χ1v) is 11.9. The number of nitrogens with zero attached hydrogens (tertiary/aromatic N) is 5. The van der Waals surface area contributed by atoms with Crippen molar-refractivity contribution in [3.05, 3.63) is 90.5 Å². The van der Waals surface area contributed by atoms with Crippen molar-refractivity contribution in [3.8, 4) is 0 Å². The number of aryl methyl sites for hydroxylation is 1. The third-order valence-corrected chi connectivity index (χ3v) is 6.33. The fraction of sp³-hybridized carbons (Fsp3) is 0.296. The van der Waals surface area contributed by atoms with E-state index in [0.717, 1.165) is 62.4 Å². The zero-order valence-corrected chi connectivity index (χ0v) is 19.3. The fourth-order valence-electron chi connectivity index (χ4n) is 4.47. The lowest BCUT2D eigenvalue weighted by Gasteiger charge is -2.35. The average molecular weight is 455 g/mol. The van der Waals surface area contributed by atoms with Crippen molar-refractivity contribution in [2.24, 2.45) is 0 Å². The lowest BCUT2D eigenvalue weighted by Crippen LogP contribution is -2.46. The summed E-state index contributed by atoms with van der Waals surface area (Å²) in [5.74, 6) is 0.829. The van der Waals surface area contributed by atoms with Gasteiger partial charge < -0.3 is 14.8 Å². The molecule has 174 valence electrons. The summed E-state index contributed by atoms with van der Waals surface area (Å²) in [6, 6.07) is 20.5. The first kappa shape index (κ1) is 22.1. The second-order valence-electron chi connectivity index (χ2n) is 8.70. The second-order valence-corrected chi connectivity index (χ2v) is 8.70. The number of anilines is 1. The highest BCUT2D eigenvalue weighted by atomic mass is 16.1. The number of pyridine rings is 1. The normalized spacial score (nSPS) is 14.4. The van der Waals surface area contributed by atoms with Crippen molar-refractivity contribution in [1.82, 2.24) is 24.8 Å². The Morgan fingerprint density at radius 1 is 0.971 bits per heavy atom. The largest absolute Gasteiger partial charge is 0.354 e. The predicted octanol–water partition coefficient (Wildman–Crippen LogP) is 3.57. The van der Waals surface area contributed by atoms with E-state index >= 15 is 0 Å². The van der Waals surface area contributed by atoms with Crippen LogP contribution in [0.3, 0.4) is 0 Å². The summed E-state index contributed by atoms with van der Waals surface area (Å²) in [7, 11) is 0. The monoisotopic (exact) mass is 454 g/mol. The lowest BCUT2D eigenvalue weighted by molar-refractivity contribution is 0.0954. The van der Waals surface area contributed by atoms with E-state index in [-0.39, 0.29) is 5.91 Å². The van der Waals surface area contributed by atoms with Crippen molar-refractivity contribution < 1.29 is 4.79 Å². The summed E-state index contributed by atoms with van der Waals surface area (Å²) < 4.78 is 2.02. The quantitative estimate of drug-likeness (QED) is 0.412. The SMILES string of the molecule is O=C(NCCCn1ccnc1)c1cc(N2CCN(Cc3ccccc3)CC2)nc2ccccc12. The van der Waals surface area contributed by atoms with Gasteiger partial charge in [-0.25, -0.2) is 9.97 Å². The predicted molar refractivity (Wildman–Crippen MR) is 135 cm³/mol. The molecule has 3 heterocycles. The van der Waals surface area contributed by atoms with Gasteiger partial charge in [0.1, 0.15) is 5.82 Å². The highest BCUT2D eigenvalue weighted by Crippen LogP contribution is 2.24. The molecule has 0 aliphatic carbocycles.